The van der Waals surface area contributed by atoms with Gasteiger partial charge in [0.25, 0.3) is 11.8 Å². The van der Waals surface area contributed by atoms with Crippen LogP contribution >= 0.6 is 0 Å². The summed E-state index contributed by atoms with van der Waals surface area (Å²) in [6.07, 6.45) is 4.15. The number of sulfonamides is 1. The fourth-order valence-corrected chi connectivity index (χ4v) is 6.41. The first-order valence-electron chi connectivity index (χ1n) is 13.9. The second kappa shape index (κ2) is 10.5. The normalized spacial score (nSPS) is 19.9. The van der Waals surface area contributed by atoms with Crippen molar-refractivity contribution >= 4 is 27.2 Å². The third-order valence-electron chi connectivity index (χ3n) is 8.26. The van der Waals surface area contributed by atoms with Crippen molar-refractivity contribution in [1.82, 2.24) is 20.2 Å². The summed E-state index contributed by atoms with van der Waals surface area (Å²) >= 11 is 0. The average molecular weight is 590 g/mol. The number of aliphatic hydroxyl groups is 1. The van der Waals surface area contributed by atoms with Gasteiger partial charge in [0.05, 0.1) is 29.3 Å². The fraction of sp³-hybridized carbons (Fsp3) is 0.556. The molecule has 0 amide bonds. The molecule has 2 saturated heterocycles. The van der Waals surface area contributed by atoms with Crippen molar-refractivity contribution in [3.8, 4) is 23.2 Å². The number of hydrogen-bond donors (Lipinski definition) is 2. The highest BCUT2D eigenvalue weighted by molar-refractivity contribution is 7.92. The van der Waals surface area contributed by atoms with Gasteiger partial charge < -0.3 is 19.3 Å². The first-order chi connectivity index (χ1) is 19.5. The van der Waals surface area contributed by atoms with E-state index in [1.54, 1.807) is 31.2 Å². The molecule has 4 heterocycles. The van der Waals surface area contributed by atoms with E-state index in [1.165, 1.54) is 12.8 Å². The zero-order valence-corrected chi connectivity index (χ0v) is 23.6. The fourth-order valence-electron chi connectivity index (χ4n) is 5.58. The van der Waals surface area contributed by atoms with Gasteiger partial charge in [-0.15, -0.1) is 10.2 Å². The summed E-state index contributed by atoms with van der Waals surface area (Å²) in [6.45, 7) is 3.33. The first kappa shape index (κ1) is 27.8. The molecule has 220 valence electrons. The smallest absolute Gasteiger partial charge is 0.286 e. The van der Waals surface area contributed by atoms with Crippen LogP contribution in [0.15, 0.2) is 28.7 Å². The van der Waals surface area contributed by atoms with E-state index in [1.807, 2.05) is 4.90 Å². The quantitative estimate of drug-likeness (QED) is 0.399. The molecule has 2 aromatic heterocycles. The van der Waals surface area contributed by atoms with Gasteiger partial charge in [0.1, 0.15) is 5.82 Å². The lowest BCUT2D eigenvalue weighted by molar-refractivity contribution is -0.0221. The Morgan fingerprint density at radius 1 is 0.951 bits per heavy atom. The molecule has 1 aromatic carbocycles. The van der Waals surface area contributed by atoms with E-state index in [2.05, 4.69) is 29.8 Å². The van der Waals surface area contributed by atoms with Gasteiger partial charge in [0, 0.05) is 50.8 Å². The second-order valence-corrected chi connectivity index (χ2v) is 13.2. The van der Waals surface area contributed by atoms with Crippen molar-refractivity contribution in [2.24, 2.45) is 5.41 Å². The third-order valence-corrected chi connectivity index (χ3v) is 9.53. The molecule has 11 nitrogen and oxygen atoms in total. The molecule has 3 aromatic rings. The van der Waals surface area contributed by atoms with Crippen molar-refractivity contribution in [1.29, 1.82) is 0 Å². The van der Waals surface area contributed by atoms with E-state index in [-0.39, 0.29) is 43.5 Å². The Bertz CT molecular complexity index is 1520. The lowest BCUT2D eigenvalue weighted by atomic mass is 9.93. The molecule has 41 heavy (non-hydrogen) atoms. The largest absolute Gasteiger partial charge is 0.413 e. The van der Waals surface area contributed by atoms with Gasteiger partial charge in [0.2, 0.25) is 21.7 Å². The summed E-state index contributed by atoms with van der Waals surface area (Å²) in [6, 6.07) is 6.87. The van der Waals surface area contributed by atoms with E-state index in [9.17, 15) is 17.2 Å². The number of aliphatic hydroxyl groups excluding tert-OH is 1. The summed E-state index contributed by atoms with van der Waals surface area (Å²) in [5.74, 6) is -1.99. The maximum absolute atomic E-state index is 13.7. The molecule has 6 rings (SSSR count). The van der Waals surface area contributed by atoms with Gasteiger partial charge in [-0.2, -0.15) is 0 Å². The number of anilines is 3. The molecule has 1 saturated carbocycles. The summed E-state index contributed by atoms with van der Waals surface area (Å²) in [7, 11) is -3.71. The van der Waals surface area contributed by atoms with E-state index in [0.29, 0.717) is 28.2 Å². The predicted octanol–water partition coefficient (Wildman–Crippen LogP) is 3.85. The van der Waals surface area contributed by atoms with Crippen LogP contribution in [-0.2, 0) is 10.0 Å². The lowest BCUT2D eigenvalue weighted by Crippen LogP contribution is -2.39. The van der Waals surface area contributed by atoms with Crippen molar-refractivity contribution < 1.29 is 26.7 Å². The van der Waals surface area contributed by atoms with Crippen LogP contribution in [0.4, 0.5) is 26.0 Å². The topological polar surface area (TPSA) is 138 Å². The van der Waals surface area contributed by atoms with Gasteiger partial charge in [-0.3, -0.25) is 4.72 Å². The number of piperidine rings is 2. The SMILES string of the molecule is Cc1cc(N2CCC(F)(F)CC2)nc(-c2nnc(-c3ccc(NS(=O)(=O)CCO)cc3N3CCC4(CC3)CC4)o2)n1. The Labute approximate surface area is 237 Å². The second-order valence-electron chi connectivity index (χ2n) is 11.3. The standard InChI is InChI=1S/C27H33F2N7O4S/c1-18-16-22(36-12-8-27(28,29)9-13-36)31-23(30-18)25-33-32-24(40-25)20-3-2-19(34-41(38,39)15-14-37)17-21(20)35-10-6-26(4-5-26)7-11-35/h2-3,16-17,34,37H,4-15H2,1H3. The Balaban J connectivity index is 1.30. The number of benzene rings is 1. The molecule has 0 atom stereocenters. The number of nitrogens with one attached hydrogen (secondary N) is 1. The molecular weight excluding hydrogens is 556 g/mol. The molecule has 1 spiro atoms. The molecule has 14 heteroatoms. The number of alkyl halides is 2. The van der Waals surface area contributed by atoms with Crippen LogP contribution < -0.4 is 14.5 Å². The van der Waals surface area contributed by atoms with Crippen molar-refractivity contribution in [3.05, 3.63) is 30.0 Å². The van der Waals surface area contributed by atoms with Crippen molar-refractivity contribution in [2.75, 3.05) is 53.1 Å². The number of aromatic nitrogens is 4. The summed E-state index contributed by atoms with van der Waals surface area (Å²) < 4.78 is 60.6. The van der Waals surface area contributed by atoms with Crippen LogP contribution in [0.2, 0.25) is 0 Å². The highest BCUT2D eigenvalue weighted by atomic mass is 32.2. The monoisotopic (exact) mass is 589 g/mol. The molecule has 2 N–H and O–H groups in total. The minimum absolute atomic E-state index is 0.0986. The number of halogens is 2. The molecule has 0 radical (unpaired) electrons. The Morgan fingerprint density at radius 2 is 1.63 bits per heavy atom. The molecule has 3 aliphatic rings. The minimum atomic E-state index is -3.71. The van der Waals surface area contributed by atoms with E-state index < -0.39 is 28.3 Å². The maximum Gasteiger partial charge on any atom is 0.286 e. The van der Waals surface area contributed by atoms with Crippen LogP contribution in [0, 0.1) is 12.3 Å². The number of nitrogens with zero attached hydrogens (tertiary/aromatic N) is 6. The summed E-state index contributed by atoms with van der Waals surface area (Å²) in [5.41, 5.74) is 2.87. The zero-order chi connectivity index (χ0) is 28.8. The number of hydrogen-bond acceptors (Lipinski definition) is 10. The summed E-state index contributed by atoms with van der Waals surface area (Å²) in [5, 5.41) is 17.6. The van der Waals surface area contributed by atoms with E-state index in [0.717, 1.165) is 31.6 Å². The van der Waals surface area contributed by atoms with Crippen LogP contribution in [-0.4, -0.2) is 78.2 Å². The van der Waals surface area contributed by atoms with Crippen LogP contribution in [0.1, 0.15) is 44.2 Å². The number of rotatable bonds is 8. The van der Waals surface area contributed by atoms with E-state index >= 15 is 0 Å². The zero-order valence-electron chi connectivity index (χ0n) is 22.8. The highest BCUT2D eigenvalue weighted by Gasteiger charge is 2.44. The van der Waals surface area contributed by atoms with E-state index in [4.69, 9.17) is 9.52 Å². The van der Waals surface area contributed by atoms with Gasteiger partial charge >= 0.3 is 0 Å². The molecule has 0 bridgehead atoms. The Hall–Kier alpha value is -3.39. The van der Waals surface area contributed by atoms with Gasteiger partial charge in [-0.05, 0) is 56.2 Å². The minimum Gasteiger partial charge on any atom is -0.413 e. The van der Waals surface area contributed by atoms with Crippen molar-refractivity contribution in [2.45, 2.75) is 51.4 Å². The first-order valence-corrected chi connectivity index (χ1v) is 15.5. The molecular formula is C27H33F2N7O4S. The Morgan fingerprint density at radius 3 is 2.32 bits per heavy atom. The predicted molar refractivity (Wildman–Crippen MR) is 150 cm³/mol. The van der Waals surface area contributed by atoms with Crippen LogP contribution in [0.3, 0.4) is 0 Å². The molecule has 3 fully saturated rings. The molecule has 2 aliphatic heterocycles. The van der Waals surface area contributed by atoms with Gasteiger partial charge in [-0.1, -0.05) is 0 Å². The van der Waals surface area contributed by atoms with Gasteiger partial charge in [-0.25, -0.2) is 27.2 Å². The van der Waals surface area contributed by atoms with Crippen LogP contribution in [0.25, 0.3) is 23.2 Å². The average Bonchev–Trinajstić information content (AvgIpc) is 3.48. The van der Waals surface area contributed by atoms with Crippen LogP contribution in [0.5, 0.6) is 0 Å². The Kier molecular flexibility index (Phi) is 7.09. The number of aryl methyl sites for hydroxylation is 1. The summed E-state index contributed by atoms with van der Waals surface area (Å²) in [4.78, 5) is 13.0. The lowest BCUT2D eigenvalue weighted by Gasteiger charge is -2.35. The molecule has 1 aliphatic carbocycles. The highest BCUT2D eigenvalue weighted by Crippen LogP contribution is 2.54. The molecule has 0 unspecified atom stereocenters. The third kappa shape index (κ3) is 6.13. The van der Waals surface area contributed by atoms with Crippen molar-refractivity contribution in [3.63, 3.8) is 0 Å². The van der Waals surface area contributed by atoms with Gasteiger partial charge in [0.15, 0.2) is 0 Å². The maximum atomic E-state index is 13.7.